The molecule has 0 saturated carbocycles. The second-order valence-electron chi connectivity index (χ2n) is 3.94. The number of carbonyl (C=O) groups excluding carboxylic acids is 1. The summed E-state index contributed by atoms with van der Waals surface area (Å²) < 4.78 is 5.31. The lowest BCUT2D eigenvalue weighted by molar-refractivity contribution is 0.0368. The summed E-state index contributed by atoms with van der Waals surface area (Å²) >= 11 is 5.89. The standard InChI is InChI=1S/C12H16ClNO2/c1-4-14-11(15)16-12(2,3)9-6-5-7-10(13)8-9/h5-8H,4H2,1-3H3,(H,14,15). The van der Waals surface area contributed by atoms with Crippen LogP contribution in [0.3, 0.4) is 0 Å². The predicted octanol–water partition coefficient (Wildman–Crippen LogP) is 3.32. The monoisotopic (exact) mass is 241 g/mol. The molecule has 1 N–H and O–H groups in total. The lowest BCUT2D eigenvalue weighted by Gasteiger charge is -2.25. The molecule has 1 rings (SSSR count). The van der Waals surface area contributed by atoms with Gasteiger partial charge in [0.15, 0.2) is 0 Å². The Hall–Kier alpha value is -1.22. The van der Waals surface area contributed by atoms with E-state index in [9.17, 15) is 4.79 Å². The summed E-state index contributed by atoms with van der Waals surface area (Å²) in [5.41, 5.74) is 0.177. The van der Waals surface area contributed by atoms with E-state index in [-0.39, 0.29) is 0 Å². The maximum Gasteiger partial charge on any atom is 0.407 e. The van der Waals surface area contributed by atoms with Crippen LogP contribution in [0.2, 0.25) is 5.02 Å². The highest BCUT2D eigenvalue weighted by atomic mass is 35.5. The minimum absolute atomic E-state index is 0.424. The number of halogens is 1. The van der Waals surface area contributed by atoms with Crippen molar-refractivity contribution in [2.45, 2.75) is 26.4 Å². The van der Waals surface area contributed by atoms with Crippen LogP contribution < -0.4 is 5.32 Å². The van der Waals surface area contributed by atoms with Gasteiger partial charge in [0, 0.05) is 11.6 Å². The molecule has 0 atom stereocenters. The summed E-state index contributed by atoms with van der Waals surface area (Å²) in [6, 6.07) is 7.29. The van der Waals surface area contributed by atoms with Crippen molar-refractivity contribution in [3.63, 3.8) is 0 Å². The van der Waals surface area contributed by atoms with Crippen LogP contribution in [0.15, 0.2) is 24.3 Å². The molecule has 0 heterocycles. The van der Waals surface area contributed by atoms with Gasteiger partial charge in [0.25, 0.3) is 0 Å². The van der Waals surface area contributed by atoms with Gasteiger partial charge in [-0.05, 0) is 38.5 Å². The van der Waals surface area contributed by atoms with Crippen LogP contribution in [0, 0.1) is 0 Å². The van der Waals surface area contributed by atoms with Crippen molar-refractivity contribution >= 4 is 17.7 Å². The molecule has 16 heavy (non-hydrogen) atoms. The lowest BCUT2D eigenvalue weighted by Crippen LogP contribution is -2.32. The van der Waals surface area contributed by atoms with Crippen LogP contribution in [0.4, 0.5) is 4.79 Å². The Balaban J connectivity index is 2.81. The first-order valence-electron chi connectivity index (χ1n) is 5.18. The zero-order valence-electron chi connectivity index (χ0n) is 9.71. The van der Waals surface area contributed by atoms with Crippen LogP contribution in [0.5, 0.6) is 0 Å². The Morgan fingerprint density at radius 3 is 2.75 bits per heavy atom. The Morgan fingerprint density at radius 2 is 2.19 bits per heavy atom. The van der Waals surface area contributed by atoms with E-state index in [0.717, 1.165) is 5.56 Å². The summed E-state index contributed by atoms with van der Waals surface area (Å²) in [6.45, 7) is 6.04. The number of alkyl carbamates (subject to hydrolysis) is 1. The van der Waals surface area contributed by atoms with Crippen LogP contribution in [0.1, 0.15) is 26.3 Å². The normalized spacial score (nSPS) is 11.0. The highest BCUT2D eigenvalue weighted by Crippen LogP contribution is 2.26. The quantitative estimate of drug-likeness (QED) is 0.882. The number of hydrogen-bond donors (Lipinski definition) is 1. The number of hydrogen-bond acceptors (Lipinski definition) is 2. The predicted molar refractivity (Wildman–Crippen MR) is 64.6 cm³/mol. The van der Waals surface area contributed by atoms with Crippen LogP contribution in [0.25, 0.3) is 0 Å². The first kappa shape index (κ1) is 12.8. The molecule has 88 valence electrons. The molecule has 3 nitrogen and oxygen atoms in total. The molecule has 0 bridgehead atoms. The van der Waals surface area contributed by atoms with E-state index in [2.05, 4.69) is 5.32 Å². The average molecular weight is 242 g/mol. The summed E-state index contributed by atoms with van der Waals surface area (Å²) in [4.78, 5) is 11.4. The molecule has 0 fully saturated rings. The van der Waals surface area contributed by atoms with E-state index in [0.29, 0.717) is 11.6 Å². The van der Waals surface area contributed by atoms with Gasteiger partial charge in [0.2, 0.25) is 0 Å². The molecule has 0 unspecified atom stereocenters. The van der Waals surface area contributed by atoms with E-state index >= 15 is 0 Å². The number of benzene rings is 1. The molecule has 4 heteroatoms. The fourth-order valence-electron chi connectivity index (χ4n) is 1.33. The molecule has 0 saturated heterocycles. The average Bonchev–Trinajstić information content (AvgIpc) is 2.17. The van der Waals surface area contributed by atoms with Gasteiger partial charge in [0.1, 0.15) is 5.60 Å². The van der Waals surface area contributed by atoms with Gasteiger partial charge in [-0.3, -0.25) is 0 Å². The molecule has 0 aliphatic carbocycles. The second-order valence-corrected chi connectivity index (χ2v) is 4.38. The van der Waals surface area contributed by atoms with Gasteiger partial charge in [-0.15, -0.1) is 0 Å². The first-order chi connectivity index (χ1) is 7.45. The van der Waals surface area contributed by atoms with Gasteiger partial charge >= 0.3 is 6.09 Å². The molecule has 1 aromatic carbocycles. The summed E-state index contributed by atoms with van der Waals surface area (Å²) in [5, 5.41) is 3.22. The molecule has 1 aromatic rings. The van der Waals surface area contributed by atoms with Gasteiger partial charge in [-0.25, -0.2) is 4.79 Å². The Labute approximate surface area is 101 Å². The fraction of sp³-hybridized carbons (Fsp3) is 0.417. The minimum atomic E-state index is -0.690. The Bertz CT molecular complexity index is 377. The third-order valence-electron chi connectivity index (χ3n) is 2.19. The van der Waals surface area contributed by atoms with Crippen molar-refractivity contribution in [3.05, 3.63) is 34.9 Å². The van der Waals surface area contributed by atoms with Gasteiger partial charge in [-0.1, -0.05) is 23.7 Å². The van der Waals surface area contributed by atoms with Gasteiger partial charge in [0.05, 0.1) is 0 Å². The second kappa shape index (κ2) is 5.21. The summed E-state index contributed by atoms with van der Waals surface area (Å²) in [7, 11) is 0. The molecule has 0 aliphatic heterocycles. The van der Waals surface area contributed by atoms with Crippen LogP contribution >= 0.6 is 11.6 Å². The highest BCUT2D eigenvalue weighted by molar-refractivity contribution is 6.30. The minimum Gasteiger partial charge on any atom is -0.439 e. The zero-order chi connectivity index (χ0) is 12.2. The number of carbonyl (C=O) groups is 1. The topological polar surface area (TPSA) is 38.3 Å². The lowest BCUT2D eigenvalue weighted by atomic mass is 9.98. The van der Waals surface area contributed by atoms with Crippen molar-refractivity contribution in [2.24, 2.45) is 0 Å². The van der Waals surface area contributed by atoms with E-state index < -0.39 is 11.7 Å². The maximum atomic E-state index is 11.4. The van der Waals surface area contributed by atoms with Gasteiger partial charge in [-0.2, -0.15) is 0 Å². The number of ether oxygens (including phenoxy) is 1. The van der Waals surface area contributed by atoms with Gasteiger partial charge < -0.3 is 10.1 Å². The van der Waals surface area contributed by atoms with Crippen LogP contribution in [-0.2, 0) is 10.3 Å². The van der Waals surface area contributed by atoms with Crippen molar-refractivity contribution in [1.82, 2.24) is 5.32 Å². The Kier molecular flexibility index (Phi) is 4.19. The zero-order valence-corrected chi connectivity index (χ0v) is 10.5. The molecular weight excluding hydrogens is 226 g/mol. The van der Waals surface area contributed by atoms with E-state index in [1.54, 1.807) is 12.1 Å². The van der Waals surface area contributed by atoms with E-state index in [1.165, 1.54) is 0 Å². The summed E-state index contributed by atoms with van der Waals surface area (Å²) in [6.07, 6.45) is -0.424. The highest BCUT2D eigenvalue weighted by Gasteiger charge is 2.25. The Morgan fingerprint density at radius 1 is 1.50 bits per heavy atom. The smallest absolute Gasteiger partial charge is 0.407 e. The fourth-order valence-corrected chi connectivity index (χ4v) is 1.52. The number of nitrogens with one attached hydrogen (secondary N) is 1. The SMILES string of the molecule is CCNC(=O)OC(C)(C)c1cccc(Cl)c1. The van der Waals surface area contributed by atoms with Crippen LogP contribution in [-0.4, -0.2) is 12.6 Å². The van der Waals surface area contributed by atoms with Crippen molar-refractivity contribution in [3.8, 4) is 0 Å². The third kappa shape index (κ3) is 3.42. The molecular formula is C12H16ClNO2. The van der Waals surface area contributed by atoms with Crippen molar-refractivity contribution < 1.29 is 9.53 Å². The van der Waals surface area contributed by atoms with Crippen molar-refractivity contribution in [2.75, 3.05) is 6.54 Å². The molecule has 0 spiro atoms. The first-order valence-corrected chi connectivity index (χ1v) is 5.56. The molecule has 0 radical (unpaired) electrons. The van der Waals surface area contributed by atoms with E-state index in [4.69, 9.17) is 16.3 Å². The number of rotatable bonds is 3. The van der Waals surface area contributed by atoms with E-state index in [1.807, 2.05) is 32.9 Å². The molecule has 1 amide bonds. The number of amides is 1. The molecule has 0 aliphatic rings. The molecule has 0 aromatic heterocycles. The third-order valence-corrected chi connectivity index (χ3v) is 2.42. The summed E-state index contributed by atoms with van der Waals surface area (Å²) in [5.74, 6) is 0. The maximum absolute atomic E-state index is 11.4. The van der Waals surface area contributed by atoms with Crippen molar-refractivity contribution in [1.29, 1.82) is 0 Å². The largest absolute Gasteiger partial charge is 0.439 e.